The van der Waals surface area contributed by atoms with Crippen LogP contribution in [0.2, 0.25) is 0 Å². The molecule has 0 radical (unpaired) electrons. The lowest BCUT2D eigenvalue weighted by Gasteiger charge is -2.52. The molecule has 1 saturated carbocycles. The second-order valence-corrected chi connectivity index (χ2v) is 12.4. The van der Waals surface area contributed by atoms with Crippen LogP contribution in [0.3, 0.4) is 0 Å². The smallest absolute Gasteiger partial charge is 0.433 e. The van der Waals surface area contributed by atoms with Crippen LogP contribution in [0.4, 0.5) is 22.1 Å². The summed E-state index contributed by atoms with van der Waals surface area (Å²) in [6.07, 6.45) is 8.83. The maximum Gasteiger partial charge on any atom is 0.433 e. The zero-order valence-corrected chi connectivity index (χ0v) is 24.6. The SMILES string of the molecule is C=Nc1nc(/C(N)=N/C(=O)O)nc(N2CCCCC2C2CCC2)c1N1C[C@@H]2CCCC3=C2N(C1)[C@H](c1ccccc1)CO3. The molecule has 2 saturated heterocycles. The number of aliphatic imine (C=N–C) groups is 2. The molecular formula is C32H40N8O3. The summed E-state index contributed by atoms with van der Waals surface area (Å²) >= 11 is 0. The predicted molar refractivity (Wildman–Crippen MR) is 166 cm³/mol. The van der Waals surface area contributed by atoms with Gasteiger partial charge in [-0.25, -0.2) is 19.8 Å². The monoisotopic (exact) mass is 584 g/mol. The molecule has 226 valence electrons. The number of allylic oxidation sites excluding steroid dienone is 1. The van der Waals surface area contributed by atoms with E-state index in [1.165, 1.54) is 36.9 Å². The number of piperidine rings is 1. The number of carboxylic acid groups (broad SMARTS) is 1. The van der Waals surface area contributed by atoms with Crippen LogP contribution < -0.4 is 15.5 Å². The fraction of sp³-hybridized carbons (Fsp3) is 0.531. The quantitative estimate of drug-likeness (QED) is 0.347. The first-order chi connectivity index (χ1) is 21.0. The molecule has 5 aliphatic rings. The third-order valence-electron chi connectivity index (χ3n) is 9.95. The van der Waals surface area contributed by atoms with Crippen LogP contribution in [0, 0.1) is 11.8 Å². The molecule has 1 unspecified atom stereocenters. The molecule has 3 atom stereocenters. The molecule has 2 aromatic rings. The molecule has 0 bridgehead atoms. The Morgan fingerprint density at radius 1 is 1.05 bits per heavy atom. The summed E-state index contributed by atoms with van der Waals surface area (Å²) in [6, 6.07) is 11.0. The fourth-order valence-corrected chi connectivity index (χ4v) is 7.78. The molecule has 3 aliphatic heterocycles. The second kappa shape index (κ2) is 11.5. The molecule has 1 amide bonds. The Bertz CT molecular complexity index is 1460. The van der Waals surface area contributed by atoms with Crippen molar-refractivity contribution in [2.45, 2.75) is 69.9 Å². The average molecular weight is 585 g/mol. The second-order valence-electron chi connectivity index (χ2n) is 12.4. The third kappa shape index (κ3) is 5.08. The Labute approximate surface area is 252 Å². The van der Waals surface area contributed by atoms with E-state index in [1.807, 2.05) is 6.07 Å². The van der Waals surface area contributed by atoms with Gasteiger partial charge in [-0.05, 0) is 63.1 Å². The highest BCUT2D eigenvalue weighted by molar-refractivity contribution is 6.01. The van der Waals surface area contributed by atoms with Crippen molar-refractivity contribution in [2.75, 3.05) is 36.2 Å². The normalized spacial score (nSPS) is 26.0. The molecule has 43 heavy (non-hydrogen) atoms. The van der Waals surface area contributed by atoms with E-state index >= 15 is 0 Å². The van der Waals surface area contributed by atoms with Crippen molar-refractivity contribution in [3.05, 3.63) is 53.2 Å². The lowest BCUT2D eigenvalue weighted by molar-refractivity contribution is 0.0364. The summed E-state index contributed by atoms with van der Waals surface area (Å²) in [5.41, 5.74) is 9.54. The summed E-state index contributed by atoms with van der Waals surface area (Å²) in [5, 5.41) is 9.32. The van der Waals surface area contributed by atoms with E-state index in [0.29, 0.717) is 37.0 Å². The van der Waals surface area contributed by atoms with Gasteiger partial charge in [-0.1, -0.05) is 36.8 Å². The Kier molecular flexibility index (Phi) is 7.40. The van der Waals surface area contributed by atoms with Gasteiger partial charge in [-0.15, -0.1) is 0 Å². The van der Waals surface area contributed by atoms with E-state index in [9.17, 15) is 9.90 Å². The number of amides is 1. The number of rotatable bonds is 6. The fourth-order valence-electron chi connectivity index (χ4n) is 7.78. The minimum Gasteiger partial charge on any atom is -0.494 e. The van der Waals surface area contributed by atoms with E-state index in [0.717, 1.165) is 62.5 Å². The minimum atomic E-state index is -1.38. The first kappa shape index (κ1) is 27.7. The first-order valence-electron chi connectivity index (χ1n) is 15.7. The maximum absolute atomic E-state index is 11.4. The molecule has 7 rings (SSSR count). The van der Waals surface area contributed by atoms with Crippen LogP contribution in [0.5, 0.6) is 0 Å². The van der Waals surface area contributed by atoms with Crippen molar-refractivity contribution >= 4 is 36.0 Å². The summed E-state index contributed by atoms with van der Waals surface area (Å²) in [7, 11) is 0. The van der Waals surface area contributed by atoms with Gasteiger partial charge in [-0.3, -0.25) is 0 Å². The zero-order valence-electron chi connectivity index (χ0n) is 24.6. The summed E-state index contributed by atoms with van der Waals surface area (Å²) in [6.45, 7) is 6.80. The number of ether oxygens (including phenoxy) is 1. The molecule has 1 aromatic heterocycles. The predicted octanol–water partition coefficient (Wildman–Crippen LogP) is 5.21. The zero-order chi connectivity index (χ0) is 29.5. The Balaban J connectivity index is 1.35. The highest BCUT2D eigenvalue weighted by Crippen LogP contribution is 2.49. The minimum absolute atomic E-state index is 0.0764. The molecule has 4 heterocycles. The van der Waals surface area contributed by atoms with Gasteiger partial charge in [0.2, 0.25) is 0 Å². The highest BCUT2D eigenvalue weighted by atomic mass is 16.5. The van der Waals surface area contributed by atoms with E-state index < -0.39 is 6.09 Å². The van der Waals surface area contributed by atoms with Gasteiger partial charge < -0.3 is 30.3 Å². The number of benzene rings is 1. The number of nitrogens with two attached hydrogens (primary N) is 1. The summed E-state index contributed by atoms with van der Waals surface area (Å²) in [5.74, 6) is 3.07. The van der Waals surface area contributed by atoms with Crippen molar-refractivity contribution in [2.24, 2.45) is 27.6 Å². The van der Waals surface area contributed by atoms with Crippen LogP contribution in [0.25, 0.3) is 0 Å². The highest BCUT2D eigenvalue weighted by Gasteiger charge is 2.44. The number of amidine groups is 1. The number of nitrogens with zero attached hydrogens (tertiary/aromatic N) is 7. The first-order valence-corrected chi connectivity index (χ1v) is 15.7. The van der Waals surface area contributed by atoms with Gasteiger partial charge >= 0.3 is 6.09 Å². The van der Waals surface area contributed by atoms with Gasteiger partial charge in [0.25, 0.3) is 0 Å². The van der Waals surface area contributed by atoms with Crippen LogP contribution in [-0.2, 0) is 4.74 Å². The molecular weight excluding hydrogens is 544 g/mol. The maximum atomic E-state index is 11.4. The molecule has 11 heteroatoms. The van der Waals surface area contributed by atoms with Gasteiger partial charge in [0.05, 0.1) is 18.4 Å². The number of hydrogen-bond donors (Lipinski definition) is 2. The van der Waals surface area contributed by atoms with Crippen molar-refractivity contribution in [1.82, 2.24) is 14.9 Å². The Hall–Kier alpha value is -4.15. The standard InChI is InChI=1S/C32H40N8O3/c1-34-29-27(31(37-30(36-29)28(33)35-32(41)42)39-16-6-5-14-23(39)20-11-7-12-20)38-17-22-13-8-15-25-26(22)40(19-38)24(18-43-25)21-9-3-2-4-10-21/h2-4,9-10,20,22-24H,1,5-8,11-19H2,(H2,33,35)(H,41,42)/t22-,23?,24-/m0/s1. The van der Waals surface area contributed by atoms with Gasteiger partial charge in [0.1, 0.15) is 18.1 Å². The van der Waals surface area contributed by atoms with Crippen molar-refractivity contribution in [1.29, 1.82) is 0 Å². The van der Waals surface area contributed by atoms with E-state index in [2.05, 4.69) is 60.7 Å². The van der Waals surface area contributed by atoms with Gasteiger partial charge in [0.15, 0.2) is 23.3 Å². The van der Waals surface area contributed by atoms with Gasteiger partial charge in [-0.2, -0.15) is 4.99 Å². The largest absolute Gasteiger partial charge is 0.494 e. The molecule has 11 nitrogen and oxygen atoms in total. The van der Waals surface area contributed by atoms with Crippen LogP contribution in [0.1, 0.15) is 75.2 Å². The Morgan fingerprint density at radius 3 is 2.63 bits per heavy atom. The molecule has 1 aromatic carbocycles. The van der Waals surface area contributed by atoms with E-state index in [1.54, 1.807) is 0 Å². The van der Waals surface area contributed by atoms with Crippen molar-refractivity contribution < 1.29 is 14.6 Å². The van der Waals surface area contributed by atoms with Crippen LogP contribution >= 0.6 is 0 Å². The van der Waals surface area contributed by atoms with Crippen molar-refractivity contribution in [3.63, 3.8) is 0 Å². The van der Waals surface area contributed by atoms with Crippen molar-refractivity contribution in [3.8, 4) is 0 Å². The lowest BCUT2D eigenvalue weighted by Crippen LogP contribution is -2.54. The third-order valence-corrected chi connectivity index (χ3v) is 9.95. The molecule has 3 N–H and O–H groups in total. The number of aromatic nitrogens is 2. The molecule has 2 aliphatic carbocycles. The summed E-state index contributed by atoms with van der Waals surface area (Å²) < 4.78 is 6.41. The van der Waals surface area contributed by atoms with Crippen LogP contribution in [0.15, 0.2) is 51.8 Å². The van der Waals surface area contributed by atoms with E-state index in [-0.39, 0.29) is 17.7 Å². The number of hydrogen-bond acceptors (Lipinski definition) is 8. The lowest BCUT2D eigenvalue weighted by atomic mass is 9.76. The number of anilines is 2. The van der Waals surface area contributed by atoms with Gasteiger partial charge in [0, 0.05) is 31.5 Å². The topological polar surface area (TPSA) is 133 Å². The average Bonchev–Trinajstić information content (AvgIpc) is 3.00. The summed E-state index contributed by atoms with van der Waals surface area (Å²) in [4.78, 5) is 36.3. The number of carbonyl (C=O) groups is 1. The van der Waals surface area contributed by atoms with Crippen LogP contribution in [-0.4, -0.2) is 71.0 Å². The molecule has 0 spiro atoms. The Morgan fingerprint density at radius 2 is 1.88 bits per heavy atom. The molecule has 3 fully saturated rings. The van der Waals surface area contributed by atoms with E-state index in [4.69, 9.17) is 15.5 Å².